The number of benzene rings is 1. The third-order valence-electron chi connectivity index (χ3n) is 4.18. The second kappa shape index (κ2) is 5.35. The van der Waals surface area contributed by atoms with E-state index in [9.17, 15) is 19.8 Å². The summed E-state index contributed by atoms with van der Waals surface area (Å²) in [7, 11) is 0. The van der Waals surface area contributed by atoms with E-state index in [1.54, 1.807) is 31.2 Å². The van der Waals surface area contributed by atoms with Crippen molar-refractivity contribution in [1.82, 2.24) is 0 Å². The second-order valence-corrected chi connectivity index (χ2v) is 6.17. The smallest absolute Gasteiger partial charge is 0.343 e. The van der Waals surface area contributed by atoms with Gasteiger partial charge in [0.05, 0.1) is 5.41 Å². The van der Waals surface area contributed by atoms with Gasteiger partial charge >= 0.3 is 5.97 Å². The maximum atomic E-state index is 12.7. The zero-order chi connectivity index (χ0) is 15.8. The Balaban J connectivity index is 2.63. The lowest BCUT2D eigenvalue weighted by atomic mass is 9.67. The van der Waals surface area contributed by atoms with E-state index in [0.717, 1.165) is 6.42 Å². The van der Waals surface area contributed by atoms with Crippen LogP contribution in [0.3, 0.4) is 0 Å². The molecule has 0 saturated heterocycles. The number of rotatable bonds is 4. The minimum absolute atomic E-state index is 0.412. The Kier molecular flexibility index (Phi) is 3.90. The van der Waals surface area contributed by atoms with Crippen LogP contribution in [-0.2, 0) is 15.0 Å². The SMILES string of the molecule is CC(C)CC[C@]1(C)C(=O)C(C(=O)O)=C(O)c2ccccc21. The molecule has 0 aromatic heterocycles. The molecule has 2 N–H and O–H groups in total. The number of fused-ring (bicyclic) bond motifs is 1. The summed E-state index contributed by atoms with van der Waals surface area (Å²) >= 11 is 0. The monoisotopic (exact) mass is 288 g/mol. The summed E-state index contributed by atoms with van der Waals surface area (Å²) in [5.41, 5.74) is -0.250. The van der Waals surface area contributed by atoms with Gasteiger partial charge in [-0.25, -0.2) is 4.79 Å². The number of carbonyl (C=O) groups is 2. The van der Waals surface area contributed by atoms with E-state index < -0.39 is 28.5 Å². The van der Waals surface area contributed by atoms with Crippen molar-refractivity contribution in [2.24, 2.45) is 5.92 Å². The lowest BCUT2D eigenvalue weighted by Crippen LogP contribution is -2.40. The van der Waals surface area contributed by atoms with Gasteiger partial charge in [-0.05, 0) is 31.2 Å². The largest absolute Gasteiger partial charge is 0.506 e. The van der Waals surface area contributed by atoms with Crippen molar-refractivity contribution in [3.63, 3.8) is 0 Å². The predicted octanol–water partition coefficient (Wildman–Crippen LogP) is 3.32. The Morgan fingerprint density at radius 2 is 1.90 bits per heavy atom. The molecule has 0 unspecified atom stereocenters. The van der Waals surface area contributed by atoms with Crippen LogP contribution < -0.4 is 0 Å². The minimum Gasteiger partial charge on any atom is -0.506 e. The Hall–Kier alpha value is -2.10. The maximum Gasteiger partial charge on any atom is 0.343 e. The number of aliphatic hydroxyl groups is 1. The Morgan fingerprint density at radius 1 is 1.29 bits per heavy atom. The van der Waals surface area contributed by atoms with Gasteiger partial charge in [0.2, 0.25) is 0 Å². The third-order valence-corrected chi connectivity index (χ3v) is 4.18. The molecule has 0 aliphatic heterocycles. The van der Waals surface area contributed by atoms with E-state index in [1.165, 1.54) is 0 Å². The minimum atomic E-state index is -1.37. The third kappa shape index (κ3) is 2.46. The zero-order valence-corrected chi connectivity index (χ0v) is 12.5. The van der Waals surface area contributed by atoms with Crippen molar-refractivity contribution in [2.45, 2.75) is 39.0 Å². The molecule has 0 heterocycles. The van der Waals surface area contributed by atoms with E-state index in [0.29, 0.717) is 23.5 Å². The van der Waals surface area contributed by atoms with Crippen molar-refractivity contribution >= 4 is 17.5 Å². The molecule has 0 fully saturated rings. The molecule has 112 valence electrons. The first-order valence-corrected chi connectivity index (χ1v) is 7.10. The lowest BCUT2D eigenvalue weighted by Gasteiger charge is -2.35. The summed E-state index contributed by atoms with van der Waals surface area (Å²) < 4.78 is 0. The van der Waals surface area contributed by atoms with Crippen LogP contribution in [0.4, 0.5) is 0 Å². The van der Waals surface area contributed by atoms with Crippen LogP contribution in [0.25, 0.3) is 5.76 Å². The molecule has 0 radical (unpaired) electrons. The van der Waals surface area contributed by atoms with Gasteiger partial charge in [0, 0.05) is 5.56 Å². The van der Waals surface area contributed by atoms with Crippen molar-refractivity contribution in [1.29, 1.82) is 0 Å². The number of ketones is 1. The first kappa shape index (κ1) is 15.3. The highest BCUT2D eigenvalue weighted by atomic mass is 16.4. The Labute approximate surface area is 124 Å². The van der Waals surface area contributed by atoms with Gasteiger partial charge < -0.3 is 10.2 Å². The van der Waals surface area contributed by atoms with Crippen LogP contribution in [0.2, 0.25) is 0 Å². The Bertz CT molecular complexity index is 627. The van der Waals surface area contributed by atoms with E-state index in [4.69, 9.17) is 0 Å². The molecule has 1 aliphatic rings. The standard InChI is InChI=1S/C17H20O4/c1-10(2)8-9-17(3)12-7-5-4-6-11(12)14(18)13(15(17)19)16(20)21/h4-7,10,18H,8-9H2,1-3H3,(H,20,21)/t17-/m0/s1. The summed E-state index contributed by atoms with van der Waals surface area (Å²) in [5.74, 6) is -1.89. The van der Waals surface area contributed by atoms with Crippen molar-refractivity contribution < 1.29 is 19.8 Å². The Morgan fingerprint density at radius 3 is 2.48 bits per heavy atom. The fraction of sp³-hybridized carbons (Fsp3) is 0.412. The predicted molar refractivity (Wildman–Crippen MR) is 80.1 cm³/mol. The van der Waals surface area contributed by atoms with Gasteiger partial charge in [-0.3, -0.25) is 4.79 Å². The molecule has 21 heavy (non-hydrogen) atoms. The number of aliphatic hydroxyl groups excluding tert-OH is 1. The number of hydrogen-bond acceptors (Lipinski definition) is 3. The average Bonchev–Trinajstić information content (AvgIpc) is 2.43. The molecule has 1 aromatic rings. The summed E-state index contributed by atoms with van der Waals surface area (Å²) in [6.07, 6.45) is 1.37. The highest BCUT2D eigenvalue weighted by Gasteiger charge is 2.45. The number of aliphatic carboxylic acids is 1. The fourth-order valence-electron chi connectivity index (χ4n) is 2.84. The topological polar surface area (TPSA) is 74.6 Å². The average molecular weight is 288 g/mol. The van der Waals surface area contributed by atoms with Crippen molar-refractivity contribution in [3.05, 3.63) is 41.0 Å². The van der Waals surface area contributed by atoms with Gasteiger partial charge in [-0.15, -0.1) is 0 Å². The van der Waals surface area contributed by atoms with E-state index in [-0.39, 0.29) is 0 Å². The van der Waals surface area contributed by atoms with Crippen LogP contribution in [-0.4, -0.2) is 22.0 Å². The lowest BCUT2D eigenvalue weighted by molar-refractivity contribution is -0.135. The number of hydrogen-bond donors (Lipinski definition) is 2. The highest BCUT2D eigenvalue weighted by Crippen LogP contribution is 2.42. The second-order valence-electron chi connectivity index (χ2n) is 6.17. The van der Waals surface area contributed by atoms with Crippen LogP contribution in [0.1, 0.15) is 44.7 Å². The summed E-state index contributed by atoms with van der Waals surface area (Å²) in [4.78, 5) is 24.0. The summed E-state index contributed by atoms with van der Waals surface area (Å²) in [6, 6.07) is 6.99. The molecule has 0 saturated carbocycles. The molecule has 2 rings (SSSR count). The quantitative estimate of drug-likeness (QED) is 0.833. The van der Waals surface area contributed by atoms with Gasteiger partial charge in [0.25, 0.3) is 0 Å². The number of carbonyl (C=O) groups excluding carboxylic acids is 1. The normalized spacial score (nSPS) is 21.6. The number of carboxylic acid groups (broad SMARTS) is 1. The van der Waals surface area contributed by atoms with Crippen LogP contribution in [0.5, 0.6) is 0 Å². The first-order valence-electron chi connectivity index (χ1n) is 7.10. The summed E-state index contributed by atoms with van der Waals surface area (Å²) in [6.45, 7) is 5.90. The van der Waals surface area contributed by atoms with E-state index in [2.05, 4.69) is 13.8 Å². The van der Waals surface area contributed by atoms with E-state index in [1.807, 2.05) is 0 Å². The molecule has 0 amide bonds. The van der Waals surface area contributed by atoms with Crippen molar-refractivity contribution in [2.75, 3.05) is 0 Å². The molecular weight excluding hydrogens is 268 g/mol. The molecule has 0 spiro atoms. The van der Waals surface area contributed by atoms with Crippen molar-refractivity contribution in [3.8, 4) is 0 Å². The maximum absolute atomic E-state index is 12.7. The van der Waals surface area contributed by atoms with Crippen LogP contribution in [0.15, 0.2) is 29.8 Å². The van der Waals surface area contributed by atoms with Crippen LogP contribution >= 0.6 is 0 Å². The molecule has 1 atom stereocenters. The first-order chi connectivity index (χ1) is 9.79. The molecule has 1 aromatic carbocycles. The van der Waals surface area contributed by atoms with E-state index >= 15 is 0 Å². The van der Waals surface area contributed by atoms with Gasteiger partial charge in [-0.1, -0.05) is 38.1 Å². The zero-order valence-electron chi connectivity index (χ0n) is 12.5. The van der Waals surface area contributed by atoms with Gasteiger partial charge in [-0.2, -0.15) is 0 Å². The van der Waals surface area contributed by atoms with Gasteiger partial charge in [0.15, 0.2) is 5.78 Å². The van der Waals surface area contributed by atoms with Crippen LogP contribution in [0, 0.1) is 5.92 Å². The highest BCUT2D eigenvalue weighted by molar-refractivity contribution is 6.26. The molecular formula is C17H20O4. The molecule has 4 nitrogen and oxygen atoms in total. The molecule has 1 aliphatic carbocycles. The molecule has 0 bridgehead atoms. The number of carboxylic acids is 1. The summed E-state index contributed by atoms with van der Waals surface area (Å²) in [5, 5.41) is 19.4. The van der Waals surface area contributed by atoms with Gasteiger partial charge in [0.1, 0.15) is 11.3 Å². The fourth-order valence-corrected chi connectivity index (χ4v) is 2.84. The molecule has 4 heteroatoms. The number of Topliss-reactive ketones (excluding diaryl/α,β-unsaturated/α-hetero) is 1.